The molecule has 0 fully saturated rings. The van der Waals surface area contributed by atoms with E-state index >= 15 is 0 Å². The van der Waals surface area contributed by atoms with Gasteiger partial charge in [0.25, 0.3) is 0 Å². The van der Waals surface area contributed by atoms with Gasteiger partial charge in [0, 0.05) is 49.6 Å². The molecule has 0 unspecified atom stereocenters. The molecule has 0 amide bonds. The van der Waals surface area contributed by atoms with Crippen molar-refractivity contribution in [1.29, 1.82) is 0 Å². The molecule has 0 aliphatic rings. The zero-order valence-corrected chi connectivity index (χ0v) is 11.6. The molecule has 0 aromatic heterocycles. The standard InChI is InChI=1S/C11H23NO.Er/c1-5-8-11(13,9-6-2)10(4)12-7-3;/h13H,5-9H2,1-4H3;. The van der Waals surface area contributed by atoms with Crippen molar-refractivity contribution in [3.8, 4) is 0 Å². The summed E-state index contributed by atoms with van der Waals surface area (Å²) in [4.78, 5) is 4.30. The predicted octanol–water partition coefficient (Wildman–Crippen LogP) is 2.80. The fraction of sp³-hybridized carbons (Fsp3) is 0.909. The second-order valence-electron chi connectivity index (χ2n) is 3.59. The molecule has 1 N–H and O–H groups in total. The topological polar surface area (TPSA) is 32.6 Å². The molecular formula is C11H23ErNO. The van der Waals surface area contributed by atoms with Crippen molar-refractivity contribution >= 4 is 5.71 Å². The number of hydrogen-bond acceptors (Lipinski definition) is 2. The van der Waals surface area contributed by atoms with Gasteiger partial charge in [-0.15, -0.1) is 0 Å². The van der Waals surface area contributed by atoms with Crippen LogP contribution >= 0.6 is 0 Å². The summed E-state index contributed by atoms with van der Waals surface area (Å²) in [6.07, 6.45) is 3.67. The van der Waals surface area contributed by atoms with Crippen molar-refractivity contribution in [2.24, 2.45) is 4.99 Å². The van der Waals surface area contributed by atoms with Gasteiger partial charge in [-0.2, -0.15) is 0 Å². The Kier molecular flexibility index (Phi) is 11.3. The number of hydrogen-bond donors (Lipinski definition) is 1. The molecule has 0 aromatic rings. The number of aliphatic hydroxyl groups is 1. The van der Waals surface area contributed by atoms with Crippen LogP contribution in [0.1, 0.15) is 53.4 Å². The summed E-state index contributed by atoms with van der Waals surface area (Å²) in [7, 11) is 0. The quantitative estimate of drug-likeness (QED) is 0.733. The Labute approximate surface area is 118 Å². The van der Waals surface area contributed by atoms with Gasteiger partial charge in [0.05, 0.1) is 0 Å². The number of aliphatic imine (C=N–C) groups is 1. The van der Waals surface area contributed by atoms with Gasteiger partial charge in [-0.1, -0.05) is 26.7 Å². The van der Waals surface area contributed by atoms with Crippen LogP contribution in [0, 0.1) is 37.3 Å². The molecule has 0 bridgehead atoms. The van der Waals surface area contributed by atoms with Gasteiger partial charge in [0.2, 0.25) is 0 Å². The molecule has 3 heteroatoms. The van der Waals surface area contributed by atoms with Gasteiger partial charge in [0.1, 0.15) is 5.60 Å². The maximum atomic E-state index is 10.3. The monoisotopic (exact) mass is 351 g/mol. The first-order valence-electron chi connectivity index (χ1n) is 5.34. The Hall–Kier alpha value is 0.877. The SMILES string of the molecule is CCCC(O)(CCC)C(C)=NCC.[Er]. The van der Waals surface area contributed by atoms with Gasteiger partial charge in [0.15, 0.2) is 0 Å². The molecule has 0 atom stereocenters. The maximum absolute atomic E-state index is 10.3. The minimum atomic E-state index is -0.639. The Morgan fingerprint density at radius 2 is 1.57 bits per heavy atom. The Morgan fingerprint density at radius 1 is 1.14 bits per heavy atom. The second-order valence-corrected chi connectivity index (χ2v) is 3.59. The van der Waals surface area contributed by atoms with Crippen molar-refractivity contribution in [1.82, 2.24) is 0 Å². The molecule has 0 rings (SSSR count). The zero-order chi connectivity index (χ0) is 10.3. The molecule has 0 saturated heterocycles. The average molecular weight is 353 g/mol. The molecule has 90 valence electrons. The molecule has 0 heterocycles. The molecule has 0 spiro atoms. The van der Waals surface area contributed by atoms with Crippen molar-refractivity contribution in [2.45, 2.75) is 59.0 Å². The van der Waals surface area contributed by atoms with Crippen LogP contribution in [0.5, 0.6) is 0 Å². The summed E-state index contributed by atoms with van der Waals surface area (Å²) in [5.41, 5.74) is 0.262. The van der Waals surface area contributed by atoms with Crippen molar-refractivity contribution < 1.29 is 42.4 Å². The summed E-state index contributed by atoms with van der Waals surface area (Å²) in [5.74, 6) is 0. The number of rotatable bonds is 6. The third-order valence-corrected chi connectivity index (χ3v) is 2.40. The zero-order valence-electron chi connectivity index (χ0n) is 9.72. The Bertz CT molecular complexity index is 163. The van der Waals surface area contributed by atoms with Gasteiger partial charge in [-0.05, 0) is 26.7 Å². The fourth-order valence-corrected chi connectivity index (χ4v) is 1.70. The van der Waals surface area contributed by atoms with Gasteiger partial charge >= 0.3 is 0 Å². The van der Waals surface area contributed by atoms with Crippen LogP contribution in [0.3, 0.4) is 0 Å². The summed E-state index contributed by atoms with van der Waals surface area (Å²) in [6, 6.07) is 0. The van der Waals surface area contributed by atoms with Crippen LogP contribution in [-0.2, 0) is 0 Å². The van der Waals surface area contributed by atoms with E-state index in [1.165, 1.54) is 0 Å². The molecule has 0 aromatic carbocycles. The summed E-state index contributed by atoms with van der Waals surface area (Å²) in [5, 5.41) is 10.3. The molecule has 14 heavy (non-hydrogen) atoms. The minimum Gasteiger partial charge on any atom is -0.384 e. The third-order valence-electron chi connectivity index (χ3n) is 2.40. The van der Waals surface area contributed by atoms with E-state index in [-0.39, 0.29) is 37.3 Å². The van der Waals surface area contributed by atoms with Crippen LogP contribution in [0.25, 0.3) is 0 Å². The molecule has 0 saturated carbocycles. The summed E-state index contributed by atoms with van der Waals surface area (Å²) < 4.78 is 0. The predicted molar refractivity (Wildman–Crippen MR) is 58.4 cm³/mol. The largest absolute Gasteiger partial charge is 0.384 e. The Morgan fingerprint density at radius 3 is 1.86 bits per heavy atom. The van der Waals surface area contributed by atoms with Crippen molar-refractivity contribution in [2.75, 3.05) is 6.54 Å². The van der Waals surface area contributed by atoms with E-state index < -0.39 is 5.60 Å². The van der Waals surface area contributed by atoms with Gasteiger partial charge in [-0.25, -0.2) is 0 Å². The molecule has 0 aliphatic carbocycles. The first-order valence-corrected chi connectivity index (χ1v) is 5.34. The first kappa shape index (κ1) is 17.3. The number of nitrogens with zero attached hydrogens (tertiary/aromatic N) is 1. The van der Waals surface area contributed by atoms with E-state index in [0.29, 0.717) is 0 Å². The van der Waals surface area contributed by atoms with Crippen LogP contribution in [-0.4, -0.2) is 23.0 Å². The van der Waals surface area contributed by atoms with E-state index in [0.717, 1.165) is 37.9 Å². The average Bonchev–Trinajstić information content (AvgIpc) is 2.05. The van der Waals surface area contributed by atoms with Gasteiger partial charge < -0.3 is 5.11 Å². The molecule has 2 nitrogen and oxygen atoms in total. The third kappa shape index (κ3) is 5.68. The molecular weight excluding hydrogens is 329 g/mol. The fourth-order valence-electron chi connectivity index (χ4n) is 1.70. The second kappa shape index (κ2) is 9.13. The molecule has 0 radical (unpaired) electrons. The van der Waals surface area contributed by atoms with Crippen LogP contribution in [0.4, 0.5) is 0 Å². The first-order chi connectivity index (χ1) is 6.10. The van der Waals surface area contributed by atoms with Crippen LogP contribution in [0.2, 0.25) is 0 Å². The summed E-state index contributed by atoms with van der Waals surface area (Å²) >= 11 is 0. The van der Waals surface area contributed by atoms with Crippen molar-refractivity contribution in [3.05, 3.63) is 0 Å². The van der Waals surface area contributed by atoms with E-state index in [1.807, 2.05) is 13.8 Å². The summed E-state index contributed by atoms with van der Waals surface area (Å²) in [6.45, 7) is 8.90. The van der Waals surface area contributed by atoms with E-state index in [2.05, 4.69) is 18.8 Å². The van der Waals surface area contributed by atoms with Gasteiger partial charge in [-0.3, -0.25) is 4.99 Å². The Balaban J connectivity index is 0. The minimum absolute atomic E-state index is 0. The normalized spacial score (nSPS) is 12.5. The molecule has 0 aliphatic heterocycles. The van der Waals surface area contributed by atoms with E-state index in [9.17, 15) is 5.11 Å². The van der Waals surface area contributed by atoms with E-state index in [4.69, 9.17) is 0 Å². The van der Waals surface area contributed by atoms with Crippen LogP contribution < -0.4 is 0 Å². The van der Waals surface area contributed by atoms with Crippen molar-refractivity contribution in [3.63, 3.8) is 0 Å². The maximum Gasteiger partial charge on any atom is 0.102 e. The van der Waals surface area contributed by atoms with E-state index in [1.54, 1.807) is 0 Å². The smallest absolute Gasteiger partial charge is 0.102 e. The van der Waals surface area contributed by atoms with Crippen LogP contribution in [0.15, 0.2) is 4.99 Å².